The maximum Gasteiger partial charge on any atom is 0.251 e. The summed E-state index contributed by atoms with van der Waals surface area (Å²) in [5, 5.41) is 14.8. The first-order valence-electron chi connectivity index (χ1n) is 10.1. The first-order chi connectivity index (χ1) is 15.9. The van der Waals surface area contributed by atoms with Gasteiger partial charge in [-0.1, -0.05) is 33.8 Å². The Morgan fingerprint density at radius 2 is 1.88 bits per heavy atom. The highest BCUT2D eigenvalue weighted by atomic mass is 79.9. The Balaban J connectivity index is 1.64. The number of allylic oxidation sites excluding steroid dienone is 1. The lowest BCUT2D eigenvalue weighted by Gasteiger charge is -2.15. The van der Waals surface area contributed by atoms with Gasteiger partial charge in [0.05, 0.1) is 18.9 Å². The second kappa shape index (κ2) is 11.7. The number of benzene rings is 2. The highest BCUT2D eigenvalue weighted by Crippen LogP contribution is 2.22. The topological polar surface area (TPSA) is 98.1 Å². The normalized spacial score (nSPS) is 11.5. The molecule has 0 bridgehead atoms. The predicted octanol–water partition coefficient (Wildman–Crippen LogP) is 4.46. The summed E-state index contributed by atoms with van der Waals surface area (Å²) in [5.41, 5.74) is 1.23. The molecule has 8 nitrogen and oxygen atoms in total. The molecule has 3 rings (SSSR count). The molecule has 1 heterocycles. The van der Waals surface area contributed by atoms with Crippen LogP contribution in [0, 0.1) is 0 Å². The highest BCUT2D eigenvalue weighted by Gasteiger charge is 2.20. The molecule has 1 atom stereocenters. The zero-order chi connectivity index (χ0) is 23.8. The summed E-state index contributed by atoms with van der Waals surface area (Å²) in [6, 6.07) is 13.8. The number of thioether (sulfide) groups is 1. The fraction of sp³-hybridized carbons (Fsp3) is 0.217. The van der Waals surface area contributed by atoms with E-state index in [1.807, 2.05) is 35.8 Å². The van der Waals surface area contributed by atoms with E-state index in [4.69, 9.17) is 4.74 Å². The maximum absolute atomic E-state index is 12.6. The number of rotatable bonds is 10. The van der Waals surface area contributed by atoms with E-state index in [0.717, 1.165) is 4.47 Å². The number of nitrogens with zero attached hydrogens (tertiary/aromatic N) is 3. The fourth-order valence-electron chi connectivity index (χ4n) is 2.98. The molecule has 0 aliphatic carbocycles. The zero-order valence-electron chi connectivity index (χ0n) is 18.2. The van der Waals surface area contributed by atoms with Crippen LogP contribution >= 0.6 is 27.7 Å². The number of carbonyl (C=O) groups excluding carboxylic acids is 2. The van der Waals surface area contributed by atoms with Gasteiger partial charge in [0.2, 0.25) is 5.91 Å². The van der Waals surface area contributed by atoms with Gasteiger partial charge in [-0.3, -0.25) is 9.59 Å². The van der Waals surface area contributed by atoms with Gasteiger partial charge >= 0.3 is 0 Å². The number of aromatic nitrogens is 3. The van der Waals surface area contributed by atoms with Crippen molar-refractivity contribution < 1.29 is 14.3 Å². The van der Waals surface area contributed by atoms with Gasteiger partial charge in [0, 0.05) is 22.3 Å². The third-order valence-electron chi connectivity index (χ3n) is 4.60. The average Bonchev–Trinajstić information content (AvgIpc) is 3.22. The number of halogens is 1. The monoisotopic (exact) mass is 529 g/mol. The largest absolute Gasteiger partial charge is 0.497 e. The number of carbonyl (C=O) groups is 2. The Kier molecular flexibility index (Phi) is 8.67. The van der Waals surface area contributed by atoms with E-state index in [2.05, 4.69) is 43.3 Å². The van der Waals surface area contributed by atoms with Crippen LogP contribution in [0.1, 0.15) is 29.1 Å². The lowest BCUT2D eigenvalue weighted by atomic mass is 10.2. The van der Waals surface area contributed by atoms with Gasteiger partial charge in [0.25, 0.3) is 5.91 Å². The Morgan fingerprint density at radius 1 is 1.18 bits per heavy atom. The van der Waals surface area contributed by atoms with Crippen molar-refractivity contribution in [3.05, 3.63) is 77.0 Å². The summed E-state index contributed by atoms with van der Waals surface area (Å²) in [7, 11) is 1.57. The number of ether oxygens (including phenoxy) is 1. The predicted molar refractivity (Wildman–Crippen MR) is 133 cm³/mol. The van der Waals surface area contributed by atoms with E-state index in [0.29, 0.717) is 34.5 Å². The van der Waals surface area contributed by atoms with Crippen molar-refractivity contribution in [3.8, 4) is 5.75 Å². The molecule has 33 heavy (non-hydrogen) atoms. The number of anilines is 1. The second-order valence-electron chi connectivity index (χ2n) is 7.01. The van der Waals surface area contributed by atoms with Crippen molar-refractivity contribution in [1.82, 2.24) is 20.1 Å². The minimum absolute atomic E-state index is 0.155. The lowest BCUT2D eigenvalue weighted by molar-refractivity contribution is -0.113. The Morgan fingerprint density at radius 3 is 2.52 bits per heavy atom. The van der Waals surface area contributed by atoms with Crippen LogP contribution in [0.2, 0.25) is 0 Å². The number of methoxy groups -OCH3 is 1. The summed E-state index contributed by atoms with van der Waals surface area (Å²) >= 11 is 4.64. The number of hydrogen-bond donors (Lipinski definition) is 2. The third-order valence-corrected chi connectivity index (χ3v) is 6.10. The number of nitrogens with one attached hydrogen (secondary N) is 2. The number of hydrogen-bond acceptors (Lipinski definition) is 6. The number of amides is 2. The van der Waals surface area contributed by atoms with Gasteiger partial charge in [-0.2, -0.15) is 0 Å². The summed E-state index contributed by atoms with van der Waals surface area (Å²) < 4.78 is 7.90. The molecule has 172 valence electrons. The maximum atomic E-state index is 12.6. The van der Waals surface area contributed by atoms with Gasteiger partial charge in [-0.25, -0.2) is 0 Å². The van der Waals surface area contributed by atoms with Crippen molar-refractivity contribution in [3.63, 3.8) is 0 Å². The van der Waals surface area contributed by atoms with Gasteiger partial charge in [0.1, 0.15) is 5.75 Å². The molecule has 2 N–H and O–H groups in total. The van der Waals surface area contributed by atoms with Crippen molar-refractivity contribution >= 4 is 45.2 Å². The first kappa shape index (κ1) is 24.5. The summed E-state index contributed by atoms with van der Waals surface area (Å²) in [4.78, 5) is 25.0. The van der Waals surface area contributed by atoms with Crippen LogP contribution in [-0.4, -0.2) is 39.4 Å². The smallest absolute Gasteiger partial charge is 0.251 e. The molecule has 0 saturated heterocycles. The molecule has 0 aliphatic heterocycles. The minimum atomic E-state index is -0.405. The molecule has 0 fully saturated rings. The van der Waals surface area contributed by atoms with Crippen LogP contribution in [0.4, 0.5) is 5.69 Å². The molecule has 0 spiro atoms. The van der Waals surface area contributed by atoms with Crippen LogP contribution in [0.25, 0.3) is 0 Å². The molecular formula is C23H24BrN5O3S. The second-order valence-corrected chi connectivity index (χ2v) is 8.87. The zero-order valence-corrected chi connectivity index (χ0v) is 20.6. The molecule has 1 unspecified atom stereocenters. The Labute approximate surface area is 204 Å². The quantitative estimate of drug-likeness (QED) is 0.297. The molecule has 10 heteroatoms. The summed E-state index contributed by atoms with van der Waals surface area (Å²) in [6.45, 7) is 6.07. The van der Waals surface area contributed by atoms with Gasteiger partial charge < -0.3 is 19.9 Å². The SMILES string of the molecule is C=CCn1c(SCC(=O)Nc2ccc(Br)cc2)nnc1C(C)NC(=O)c1ccc(OC)cc1. The van der Waals surface area contributed by atoms with Crippen LogP contribution in [0.3, 0.4) is 0 Å². The van der Waals surface area contributed by atoms with Crippen LogP contribution in [0.15, 0.2) is 70.8 Å². The lowest BCUT2D eigenvalue weighted by Crippen LogP contribution is -2.28. The Hall–Kier alpha value is -3.11. The molecule has 0 aliphatic rings. The van der Waals surface area contributed by atoms with Crippen LogP contribution < -0.4 is 15.4 Å². The molecule has 0 saturated carbocycles. The third kappa shape index (κ3) is 6.69. The molecule has 2 aromatic carbocycles. The highest BCUT2D eigenvalue weighted by molar-refractivity contribution is 9.10. The Bertz CT molecular complexity index is 1120. The summed E-state index contributed by atoms with van der Waals surface area (Å²) in [6.07, 6.45) is 1.72. The van der Waals surface area contributed by atoms with Crippen LogP contribution in [0.5, 0.6) is 5.75 Å². The molecule has 2 amide bonds. The van der Waals surface area contributed by atoms with Gasteiger partial charge in [-0.05, 0) is 55.5 Å². The van der Waals surface area contributed by atoms with E-state index in [1.54, 1.807) is 37.5 Å². The van der Waals surface area contributed by atoms with Crippen LogP contribution in [-0.2, 0) is 11.3 Å². The molecule has 1 aromatic heterocycles. The van der Waals surface area contributed by atoms with Crippen molar-refractivity contribution in [1.29, 1.82) is 0 Å². The van der Waals surface area contributed by atoms with Gasteiger partial charge in [0.15, 0.2) is 11.0 Å². The van der Waals surface area contributed by atoms with Crippen molar-refractivity contribution in [2.45, 2.75) is 24.7 Å². The fourth-order valence-corrected chi connectivity index (χ4v) is 3.99. The molecular weight excluding hydrogens is 506 g/mol. The van der Waals surface area contributed by atoms with E-state index in [9.17, 15) is 9.59 Å². The average molecular weight is 530 g/mol. The van der Waals surface area contributed by atoms with Crippen molar-refractivity contribution in [2.75, 3.05) is 18.2 Å². The molecule has 0 radical (unpaired) electrons. The summed E-state index contributed by atoms with van der Waals surface area (Å²) in [5.74, 6) is 1.03. The minimum Gasteiger partial charge on any atom is -0.497 e. The molecule has 3 aromatic rings. The standard InChI is InChI=1S/C23H24BrN5O3S/c1-4-13-29-21(15(2)25-22(31)16-5-11-19(32-3)12-6-16)27-28-23(29)33-14-20(30)26-18-9-7-17(24)8-10-18/h4-12,15H,1,13-14H2,2-3H3,(H,25,31)(H,26,30). The van der Waals surface area contributed by atoms with E-state index < -0.39 is 6.04 Å². The van der Waals surface area contributed by atoms with Gasteiger partial charge in [-0.15, -0.1) is 16.8 Å². The van der Waals surface area contributed by atoms with E-state index in [1.165, 1.54) is 11.8 Å². The van der Waals surface area contributed by atoms with Crippen molar-refractivity contribution in [2.24, 2.45) is 0 Å². The first-order valence-corrected chi connectivity index (χ1v) is 11.9. The van der Waals surface area contributed by atoms with E-state index in [-0.39, 0.29) is 17.6 Å². The van der Waals surface area contributed by atoms with E-state index >= 15 is 0 Å².